The van der Waals surface area contributed by atoms with Gasteiger partial charge < -0.3 is 10.6 Å². The lowest BCUT2D eigenvalue weighted by Gasteiger charge is -2.38. The van der Waals surface area contributed by atoms with Crippen LogP contribution in [-0.4, -0.2) is 37.1 Å². The molecule has 0 bridgehead atoms. The van der Waals surface area contributed by atoms with Gasteiger partial charge >= 0.3 is 0 Å². The molecule has 0 spiro atoms. The summed E-state index contributed by atoms with van der Waals surface area (Å²) in [7, 11) is 0. The Hall–Kier alpha value is -1.22. The fourth-order valence-corrected chi connectivity index (χ4v) is 2.42. The van der Waals surface area contributed by atoms with Crippen LogP contribution in [0.25, 0.3) is 0 Å². The molecule has 2 rings (SSSR count). The highest BCUT2D eigenvalue weighted by Gasteiger charge is 2.20. The third-order valence-corrected chi connectivity index (χ3v) is 3.69. The zero-order valence-electron chi connectivity index (χ0n) is 11.1. The Bertz CT molecular complexity index is 379. The predicted octanol–water partition coefficient (Wildman–Crippen LogP) is 2.11. The zero-order chi connectivity index (χ0) is 12.4. The van der Waals surface area contributed by atoms with Gasteiger partial charge in [-0.3, -0.25) is 4.90 Å². The summed E-state index contributed by atoms with van der Waals surface area (Å²) in [6.45, 7) is 11.0. The first kappa shape index (κ1) is 12.2. The molecule has 3 nitrogen and oxygen atoms in total. The van der Waals surface area contributed by atoms with Crippen LogP contribution in [0.3, 0.4) is 0 Å². The monoisotopic (exact) mass is 233 g/mol. The van der Waals surface area contributed by atoms with Gasteiger partial charge in [0.15, 0.2) is 0 Å². The van der Waals surface area contributed by atoms with E-state index >= 15 is 0 Å². The largest absolute Gasteiger partial charge is 0.397 e. The SMILES string of the molecule is Cc1cccc(N2CCN(C(C)C)CC2)c1N. The van der Waals surface area contributed by atoms with Gasteiger partial charge in [0, 0.05) is 32.2 Å². The number of hydrogen-bond donors (Lipinski definition) is 1. The zero-order valence-corrected chi connectivity index (χ0v) is 11.1. The van der Waals surface area contributed by atoms with Crippen LogP contribution in [-0.2, 0) is 0 Å². The minimum Gasteiger partial charge on any atom is -0.397 e. The number of nitrogens with zero attached hydrogens (tertiary/aromatic N) is 2. The van der Waals surface area contributed by atoms with E-state index in [1.807, 2.05) is 0 Å². The first-order valence-electron chi connectivity index (χ1n) is 6.43. The molecule has 1 saturated heterocycles. The highest BCUT2D eigenvalue weighted by Crippen LogP contribution is 2.27. The van der Waals surface area contributed by atoms with Crippen molar-refractivity contribution in [1.29, 1.82) is 0 Å². The second-order valence-electron chi connectivity index (χ2n) is 5.12. The van der Waals surface area contributed by atoms with Crippen LogP contribution in [0.15, 0.2) is 18.2 Å². The van der Waals surface area contributed by atoms with E-state index in [1.165, 1.54) is 11.3 Å². The Morgan fingerprint density at radius 3 is 2.35 bits per heavy atom. The van der Waals surface area contributed by atoms with Crippen molar-refractivity contribution in [1.82, 2.24) is 4.90 Å². The van der Waals surface area contributed by atoms with E-state index in [9.17, 15) is 0 Å². The molecule has 1 aromatic carbocycles. The van der Waals surface area contributed by atoms with Crippen LogP contribution < -0.4 is 10.6 Å². The summed E-state index contributed by atoms with van der Waals surface area (Å²) in [5, 5.41) is 0. The molecule has 0 saturated carbocycles. The second-order valence-corrected chi connectivity index (χ2v) is 5.12. The van der Waals surface area contributed by atoms with Gasteiger partial charge in [-0.1, -0.05) is 12.1 Å². The van der Waals surface area contributed by atoms with Crippen LogP contribution in [0.4, 0.5) is 11.4 Å². The van der Waals surface area contributed by atoms with Crippen molar-refractivity contribution in [2.75, 3.05) is 36.8 Å². The molecule has 0 unspecified atom stereocenters. The lowest BCUT2D eigenvalue weighted by atomic mass is 10.1. The summed E-state index contributed by atoms with van der Waals surface area (Å²) in [5.41, 5.74) is 9.47. The van der Waals surface area contributed by atoms with Crippen LogP contribution in [0.5, 0.6) is 0 Å². The highest BCUT2D eigenvalue weighted by atomic mass is 15.3. The second kappa shape index (κ2) is 4.96. The van der Waals surface area contributed by atoms with Crippen molar-refractivity contribution < 1.29 is 0 Å². The molecular weight excluding hydrogens is 210 g/mol. The summed E-state index contributed by atoms with van der Waals surface area (Å²) in [5.74, 6) is 0. The number of rotatable bonds is 2. The van der Waals surface area contributed by atoms with Crippen molar-refractivity contribution in [2.45, 2.75) is 26.8 Å². The van der Waals surface area contributed by atoms with Crippen LogP contribution in [0.2, 0.25) is 0 Å². The van der Waals surface area contributed by atoms with Crippen LogP contribution >= 0.6 is 0 Å². The topological polar surface area (TPSA) is 32.5 Å². The number of nitrogens with two attached hydrogens (primary N) is 1. The number of benzene rings is 1. The standard InChI is InChI=1S/C14H23N3/c1-11(2)16-7-9-17(10-8-16)13-6-4-5-12(3)14(13)15/h4-6,11H,7-10,15H2,1-3H3. The fourth-order valence-electron chi connectivity index (χ4n) is 2.42. The Morgan fingerprint density at radius 2 is 1.76 bits per heavy atom. The van der Waals surface area contributed by atoms with Gasteiger partial charge in [-0.25, -0.2) is 0 Å². The molecule has 17 heavy (non-hydrogen) atoms. The van der Waals surface area contributed by atoms with Crippen molar-refractivity contribution >= 4 is 11.4 Å². The first-order valence-corrected chi connectivity index (χ1v) is 6.43. The molecule has 94 valence electrons. The maximum absolute atomic E-state index is 6.15. The third kappa shape index (κ3) is 2.55. The van der Waals surface area contributed by atoms with E-state index in [0.29, 0.717) is 6.04 Å². The lowest BCUT2D eigenvalue weighted by molar-refractivity contribution is 0.209. The normalized spacial score (nSPS) is 17.8. The summed E-state index contributed by atoms with van der Waals surface area (Å²) in [4.78, 5) is 4.92. The molecule has 1 heterocycles. The minimum absolute atomic E-state index is 0.645. The van der Waals surface area contributed by atoms with Crippen molar-refractivity contribution in [3.8, 4) is 0 Å². The maximum Gasteiger partial charge on any atom is 0.0603 e. The Balaban J connectivity index is 2.08. The Kier molecular flexibility index (Phi) is 3.57. The van der Waals surface area contributed by atoms with Gasteiger partial charge in [0.1, 0.15) is 0 Å². The Labute approximate surface area is 104 Å². The van der Waals surface area contributed by atoms with Gasteiger partial charge in [0.2, 0.25) is 0 Å². The van der Waals surface area contributed by atoms with E-state index < -0.39 is 0 Å². The predicted molar refractivity (Wildman–Crippen MR) is 74.5 cm³/mol. The van der Waals surface area contributed by atoms with Crippen molar-refractivity contribution in [3.63, 3.8) is 0 Å². The van der Waals surface area contributed by atoms with Gasteiger partial charge in [0.05, 0.1) is 11.4 Å². The van der Waals surface area contributed by atoms with Crippen molar-refractivity contribution in [3.05, 3.63) is 23.8 Å². The molecule has 1 aliphatic rings. The average Bonchev–Trinajstić information content (AvgIpc) is 2.33. The molecule has 0 aromatic heterocycles. The van der Waals surface area contributed by atoms with Gasteiger partial charge in [-0.05, 0) is 32.4 Å². The lowest BCUT2D eigenvalue weighted by Crippen LogP contribution is -2.49. The van der Waals surface area contributed by atoms with Crippen molar-refractivity contribution in [2.24, 2.45) is 0 Å². The summed E-state index contributed by atoms with van der Waals surface area (Å²) < 4.78 is 0. The van der Waals surface area contributed by atoms with E-state index in [4.69, 9.17) is 5.73 Å². The summed E-state index contributed by atoms with van der Waals surface area (Å²) >= 11 is 0. The molecule has 1 fully saturated rings. The Morgan fingerprint density at radius 1 is 1.12 bits per heavy atom. The first-order chi connectivity index (χ1) is 8.09. The molecule has 3 heteroatoms. The number of para-hydroxylation sites is 1. The van der Waals surface area contributed by atoms with E-state index in [2.05, 4.69) is 48.8 Å². The number of aryl methyl sites for hydroxylation is 1. The molecule has 0 aliphatic carbocycles. The molecule has 0 amide bonds. The highest BCUT2D eigenvalue weighted by molar-refractivity contribution is 5.71. The summed E-state index contributed by atoms with van der Waals surface area (Å²) in [6.07, 6.45) is 0. The third-order valence-electron chi connectivity index (χ3n) is 3.69. The quantitative estimate of drug-likeness (QED) is 0.794. The number of piperazine rings is 1. The maximum atomic E-state index is 6.15. The molecule has 0 radical (unpaired) electrons. The minimum atomic E-state index is 0.645. The van der Waals surface area contributed by atoms with E-state index in [-0.39, 0.29) is 0 Å². The number of nitrogen functional groups attached to an aromatic ring is 1. The van der Waals surface area contributed by atoms with Crippen LogP contribution in [0.1, 0.15) is 19.4 Å². The number of hydrogen-bond acceptors (Lipinski definition) is 3. The van der Waals surface area contributed by atoms with Crippen LogP contribution in [0, 0.1) is 6.92 Å². The van der Waals surface area contributed by atoms with Gasteiger partial charge in [-0.2, -0.15) is 0 Å². The molecule has 2 N–H and O–H groups in total. The van der Waals surface area contributed by atoms with Gasteiger partial charge in [-0.15, -0.1) is 0 Å². The molecule has 1 aromatic rings. The average molecular weight is 233 g/mol. The van der Waals surface area contributed by atoms with Gasteiger partial charge in [0.25, 0.3) is 0 Å². The summed E-state index contributed by atoms with van der Waals surface area (Å²) in [6, 6.07) is 6.94. The van der Waals surface area contributed by atoms with E-state index in [0.717, 1.165) is 31.9 Å². The van der Waals surface area contributed by atoms with E-state index in [1.54, 1.807) is 0 Å². The fraction of sp³-hybridized carbons (Fsp3) is 0.571. The number of anilines is 2. The molecular formula is C14H23N3. The molecule has 0 atom stereocenters. The smallest absolute Gasteiger partial charge is 0.0603 e. The molecule has 1 aliphatic heterocycles.